The Morgan fingerprint density at radius 2 is 1.86 bits per heavy atom. The van der Waals surface area contributed by atoms with Crippen molar-refractivity contribution in [3.8, 4) is 0 Å². The van der Waals surface area contributed by atoms with Crippen molar-refractivity contribution in [2.24, 2.45) is 5.92 Å². The zero-order chi connectivity index (χ0) is 25.2. The van der Waals surface area contributed by atoms with Crippen molar-refractivity contribution in [1.82, 2.24) is 30.1 Å². The Balaban J connectivity index is 1.52. The number of fused-ring (bicyclic) bond motifs is 1. The minimum absolute atomic E-state index is 0.0514. The van der Waals surface area contributed by atoms with Crippen LogP contribution >= 0.6 is 0 Å². The number of aryl methyl sites for hydroxylation is 1. The molecule has 2 aromatic carbocycles. The van der Waals surface area contributed by atoms with Crippen LogP contribution in [0.4, 0.5) is 4.39 Å². The molecule has 2 aromatic heterocycles. The number of hydrogen-bond acceptors (Lipinski definition) is 5. The Morgan fingerprint density at radius 3 is 2.58 bits per heavy atom. The molecule has 2 heterocycles. The number of H-pyrrole nitrogens is 1. The Labute approximate surface area is 210 Å². The van der Waals surface area contributed by atoms with Crippen LogP contribution in [0.2, 0.25) is 0 Å². The quantitative estimate of drug-likeness (QED) is 0.371. The van der Waals surface area contributed by atoms with Gasteiger partial charge >= 0.3 is 0 Å². The predicted octanol–water partition coefficient (Wildman–Crippen LogP) is 5.15. The highest BCUT2D eigenvalue weighted by Gasteiger charge is 2.35. The first-order chi connectivity index (χ1) is 17.4. The van der Waals surface area contributed by atoms with Crippen molar-refractivity contribution in [2.45, 2.75) is 71.6 Å². The summed E-state index contributed by atoms with van der Waals surface area (Å²) in [7, 11) is 0. The predicted molar refractivity (Wildman–Crippen MR) is 138 cm³/mol. The summed E-state index contributed by atoms with van der Waals surface area (Å²) < 4.78 is 15.2. The van der Waals surface area contributed by atoms with Crippen molar-refractivity contribution in [3.05, 3.63) is 87.2 Å². The molecule has 7 nitrogen and oxygen atoms in total. The summed E-state index contributed by atoms with van der Waals surface area (Å²) in [5, 5.41) is 13.8. The molecule has 0 saturated heterocycles. The smallest absolute Gasteiger partial charge is 0.252 e. The number of tetrazole rings is 1. The van der Waals surface area contributed by atoms with E-state index in [9.17, 15) is 9.18 Å². The second-order valence-electron chi connectivity index (χ2n) is 10.3. The van der Waals surface area contributed by atoms with E-state index in [1.807, 2.05) is 23.7 Å². The van der Waals surface area contributed by atoms with E-state index in [2.05, 4.69) is 51.4 Å². The molecular weight excluding hydrogens is 455 g/mol. The van der Waals surface area contributed by atoms with Gasteiger partial charge in [-0.05, 0) is 76.9 Å². The van der Waals surface area contributed by atoms with Gasteiger partial charge in [-0.2, -0.15) is 0 Å². The normalized spacial score (nSPS) is 15.4. The van der Waals surface area contributed by atoms with E-state index in [0.717, 1.165) is 46.3 Å². The molecule has 4 aromatic rings. The van der Waals surface area contributed by atoms with Gasteiger partial charge in [0.15, 0.2) is 5.82 Å². The van der Waals surface area contributed by atoms with Crippen LogP contribution in [0, 0.1) is 18.7 Å². The molecule has 5 rings (SSSR count). The minimum atomic E-state index is -0.265. The van der Waals surface area contributed by atoms with Crippen molar-refractivity contribution < 1.29 is 4.39 Å². The number of hydrogen-bond donors (Lipinski definition) is 1. The number of benzene rings is 2. The highest BCUT2D eigenvalue weighted by atomic mass is 19.1. The number of aromatic nitrogens is 5. The van der Waals surface area contributed by atoms with Gasteiger partial charge in [-0.1, -0.05) is 51.0 Å². The summed E-state index contributed by atoms with van der Waals surface area (Å²) in [4.78, 5) is 18.7. The maximum atomic E-state index is 13.4. The SMILES string of the molecule is Cc1ccc2cc(CN(C3CCCC3)[C@H](c3nnnn3Cc3ccc(F)cc3)C(C)C)c(=O)[nH]c2c1. The van der Waals surface area contributed by atoms with Crippen LogP contribution in [0.15, 0.2) is 53.3 Å². The fourth-order valence-electron chi connectivity index (χ4n) is 5.49. The molecule has 0 radical (unpaired) electrons. The summed E-state index contributed by atoms with van der Waals surface area (Å²) in [5.41, 5.74) is 3.61. The number of halogens is 1. The van der Waals surface area contributed by atoms with Gasteiger partial charge < -0.3 is 4.98 Å². The summed E-state index contributed by atoms with van der Waals surface area (Å²) in [6.45, 7) is 7.36. The largest absolute Gasteiger partial charge is 0.322 e. The second-order valence-corrected chi connectivity index (χ2v) is 10.3. The maximum absolute atomic E-state index is 13.4. The monoisotopic (exact) mass is 488 g/mol. The molecule has 1 aliphatic rings. The summed E-state index contributed by atoms with van der Waals surface area (Å²) in [6, 6.07) is 14.9. The van der Waals surface area contributed by atoms with Crippen LogP contribution in [-0.4, -0.2) is 36.1 Å². The number of pyridine rings is 1. The summed E-state index contributed by atoms with van der Waals surface area (Å²) in [6.07, 6.45) is 4.54. The lowest BCUT2D eigenvalue weighted by molar-refractivity contribution is 0.0844. The third-order valence-corrected chi connectivity index (χ3v) is 7.28. The Bertz CT molecular complexity index is 1390. The van der Waals surface area contributed by atoms with Gasteiger partial charge in [0, 0.05) is 23.7 Å². The fraction of sp³-hybridized carbons (Fsp3) is 0.429. The van der Waals surface area contributed by atoms with Gasteiger partial charge in [0.25, 0.3) is 5.56 Å². The summed E-state index contributed by atoms with van der Waals surface area (Å²) >= 11 is 0. The van der Waals surface area contributed by atoms with E-state index in [0.29, 0.717) is 19.1 Å². The molecule has 0 aliphatic heterocycles. The van der Waals surface area contributed by atoms with E-state index in [-0.39, 0.29) is 23.3 Å². The molecule has 0 amide bonds. The highest BCUT2D eigenvalue weighted by molar-refractivity contribution is 5.79. The van der Waals surface area contributed by atoms with Crippen molar-refractivity contribution in [1.29, 1.82) is 0 Å². The molecule has 0 spiro atoms. The molecular formula is C28H33FN6O. The first kappa shape index (κ1) is 24.3. The topological polar surface area (TPSA) is 79.7 Å². The van der Waals surface area contributed by atoms with E-state index in [4.69, 9.17) is 0 Å². The van der Waals surface area contributed by atoms with Gasteiger partial charge in [0.2, 0.25) is 0 Å². The zero-order valence-electron chi connectivity index (χ0n) is 21.1. The molecule has 0 bridgehead atoms. The van der Waals surface area contributed by atoms with Crippen LogP contribution in [0.25, 0.3) is 10.9 Å². The summed E-state index contributed by atoms with van der Waals surface area (Å²) in [5.74, 6) is 0.721. The van der Waals surface area contributed by atoms with Gasteiger partial charge in [-0.15, -0.1) is 5.10 Å². The Kier molecular flexibility index (Phi) is 6.96. The number of nitrogens with one attached hydrogen (secondary N) is 1. The lowest BCUT2D eigenvalue weighted by Gasteiger charge is -2.38. The lowest BCUT2D eigenvalue weighted by atomic mass is 9.97. The van der Waals surface area contributed by atoms with Gasteiger partial charge in [0.1, 0.15) is 5.82 Å². The Morgan fingerprint density at radius 1 is 1.11 bits per heavy atom. The molecule has 36 heavy (non-hydrogen) atoms. The number of aromatic amines is 1. The average Bonchev–Trinajstić information content (AvgIpc) is 3.53. The van der Waals surface area contributed by atoms with E-state index in [1.54, 1.807) is 12.1 Å². The number of nitrogens with zero attached hydrogens (tertiary/aromatic N) is 5. The van der Waals surface area contributed by atoms with E-state index in [1.165, 1.54) is 25.0 Å². The molecule has 8 heteroatoms. The lowest BCUT2D eigenvalue weighted by Crippen LogP contribution is -2.41. The second kappa shape index (κ2) is 10.3. The van der Waals surface area contributed by atoms with E-state index < -0.39 is 0 Å². The van der Waals surface area contributed by atoms with Gasteiger partial charge in [-0.3, -0.25) is 9.69 Å². The first-order valence-electron chi connectivity index (χ1n) is 12.8. The number of rotatable bonds is 8. The molecule has 1 fully saturated rings. The molecule has 1 saturated carbocycles. The van der Waals surface area contributed by atoms with E-state index >= 15 is 0 Å². The average molecular weight is 489 g/mol. The molecule has 188 valence electrons. The molecule has 1 atom stereocenters. The maximum Gasteiger partial charge on any atom is 0.252 e. The van der Waals surface area contributed by atoms with Gasteiger partial charge in [0.05, 0.1) is 12.6 Å². The molecule has 1 N–H and O–H groups in total. The van der Waals surface area contributed by atoms with Crippen LogP contribution in [-0.2, 0) is 13.1 Å². The zero-order valence-corrected chi connectivity index (χ0v) is 21.1. The Hall–Kier alpha value is -3.39. The molecule has 1 aliphatic carbocycles. The van der Waals surface area contributed by atoms with Crippen LogP contribution in [0.5, 0.6) is 0 Å². The fourth-order valence-corrected chi connectivity index (χ4v) is 5.49. The van der Waals surface area contributed by atoms with Gasteiger partial charge in [-0.25, -0.2) is 9.07 Å². The van der Waals surface area contributed by atoms with Crippen molar-refractivity contribution >= 4 is 10.9 Å². The van der Waals surface area contributed by atoms with Crippen molar-refractivity contribution in [2.75, 3.05) is 0 Å². The van der Waals surface area contributed by atoms with Crippen molar-refractivity contribution in [3.63, 3.8) is 0 Å². The van der Waals surface area contributed by atoms with Crippen LogP contribution in [0.1, 0.15) is 68.1 Å². The third kappa shape index (κ3) is 5.09. The standard InChI is InChI=1S/C28H33FN6O/c1-18(2)26(27-31-32-33-35(27)16-20-9-12-23(29)13-10-20)34(24-6-4-5-7-24)17-22-15-21-11-8-19(3)14-25(21)30-28(22)36/h8-15,18,24,26H,4-7,16-17H2,1-3H3,(H,30,36)/t26-/m0/s1. The third-order valence-electron chi connectivity index (χ3n) is 7.28. The minimum Gasteiger partial charge on any atom is -0.322 e. The molecule has 0 unspecified atom stereocenters. The highest BCUT2D eigenvalue weighted by Crippen LogP contribution is 2.36. The van der Waals surface area contributed by atoms with Crippen LogP contribution < -0.4 is 5.56 Å². The van der Waals surface area contributed by atoms with Crippen LogP contribution in [0.3, 0.4) is 0 Å². The first-order valence-corrected chi connectivity index (χ1v) is 12.8.